The number of carbonyl (C=O) groups is 1. The number of nitrogens with zero attached hydrogens (tertiary/aromatic N) is 1. The first-order valence-corrected chi connectivity index (χ1v) is 6.67. The lowest BCUT2D eigenvalue weighted by molar-refractivity contribution is -0.119. The molecule has 1 heterocycles. The van der Waals surface area contributed by atoms with Crippen LogP contribution in [0.5, 0.6) is 0 Å². The van der Waals surface area contributed by atoms with Crippen molar-refractivity contribution in [3.63, 3.8) is 0 Å². The number of nitrogens with one attached hydrogen (secondary N) is 1. The Balaban J connectivity index is 2.08. The maximum Gasteiger partial charge on any atom is 0.228 e. The van der Waals surface area contributed by atoms with Crippen LogP contribution in [-0.2, 0) is 4.79 Å². The SMILES string of the molecule is CC(CN)C(=O)Nc1ccc(N2CCCC2)c(F)c1. The Morgan fingerprint density at radius 1 is 1.47 bits per heavy atom. The summed E-state index contributed by atoms with van der Waals surface area (Å²) in [4.78, 5) is 13.7. The smallest absolute Gasteiger partial charge is 0.228 e. The maximum absolute atomic E-state index is 14.0. The van der Waals surface area contributed by atoms with Gasteiger partial charge in [0.2, 0.25) is 5.91 Å². The first kappa shape index (κ1) is 13.8. The van der Waals surface area contributed by atoms with E-state index in [2.05, 4.69) is 5.32 Å². The molecule has 5 heteroatoms. The maximum atomic E-state index is 14.0. The van der Waals surface area contributed by atoms with Crippen LogP contribution in [0.1, 0.15) is 19.8 Å². The molecular weight excluding hydrogens is 245 g/mol. The van der Waals surface area contributed by atoms with E-state index in [9.17, 15) is 9.18 Å². The Bertz CT molecular complexity index is 458. The number of carbonyl (C=O) groups excluding carboxylic acids is 1. The third kappa shape index (κ3) is 3.23. The van der Waals surface area contributed by atoms with Gasteiger partial charge in [-0.15, -0.1) is 0 Å². The van der Waals surface area contributed by atoms with Crippen LogP contribution < -0.4 is 16.0 Å². The van der Waals surface area contributed by atoms with Crippen LogP contribution in [0.15, 0.2) is 18.2 Å². The molecule has 19 heavy (non-hydrogen) atoms. The summed E-state index contributed by atoms with van der Waals surface area (Å²) in [5.41, 5.74) is 6.51. The highest BCUT2D eigenvalue weighted by molar-refractivity contribution is 5.92. The quantitative estimate of drug-likeness (QED) is 0.875. The van der Waals surface area contributed by atoms with Gasteiger partial charge in [-0.3, -0.25) is 4.79 Å². The lowest BCUT2D eigenvalue weighted by atomic mass is 10.1. The van der Waals surface area contributed by atoms with Crippen molar-refractivity contribution in [3.05, 3.63) is 24.0 Å². The fourth-order valence-electron chi connectivity index (χ4n) is 2.17. The van der Waals surface area contributed by atoms with Crippen molar-refractivity contribution < 1.29 is 9.18 Å². The van der Waals surface area contributed by atoms with Gasteiger partial charge in [-0.25, -0.2) is 4.39 Å². The Labute approximate surface area is 112 Å². The fourth-order valence-corrected chi connectivity index (χ4v) is 2.17. The number of hydrogen-bond donors (Lipinski definition) is 2. The van der Waals surface area contributed by atoms with Crippen molar-refractivity contribution in [2.45, 2.75) is 19.8 Å². The number of halogens is 1. The van der Waals surface area contributed by atoms with E-state index in [4.69, 9.17) is 5.73 Å². The van der Waals surface area contributed by atoms with Gasteiger partial charge in [-0.05, 0) is 31.0 Å². The van der Waals surface area contributed by atoms with Crippen LogP contribution in [0.25, 0.3) is 0 Å². The van der Waals surface area contributed by atoms with Crippen LogP contribution in [-0.4, -0.2) is 25.5 Å². The van der Waals surface area contributed by atoms with Crippen molar-refractivity contribution in [1.82, 2.24) is 0 Å². The molecule has 1 fully saturated rings. The minimum atomic E-state index is -0.292. The molecule has 1 aromatic rings. The molecule has 0 radical (unpaired) electrons. The molecule has 3 N–H and O–H groups in total. The summed E-state index contributed by atoms with van der Waals surface area (Å²) >= 11 is 0. The van der Waals surface area contributed by atoms with Crippen molar-refractivity contribution in [1.29, 1.82) is 0 Å². The van der Waals surface area contributed by atoms with Gasteiger partial charge < -0.3 is 16.0 Å². The van der Waals surface area contributed by atoms with E-state index in [1.54, 1.807) is 19.1 Å². The van der Waals surface area contributed by atoms with Crippen molar-refractivity contribution in [2.75, 3.05) is 29.9 Å². The Hall–Kier alpha value is -1.62. The highest BCUT2D eigenvalue weighted by Crippen LogP contribution is 2.26. The standard InChI is InChI=1S/C14H20FN3O/c1-10(9-16)14(19)17-11-4-5-13(12(15)8-11)18-6-2-3-7-18/h4-5,8,10H,2-3,6-7,9,16H2,1H3,(H,17,19). The van der Waals surface area contributed by atoms with Crippen LogP contribution in [0.3, 0.4) is 0 Å². The Kier molecular flexibility index (Phi) is 4.37. The summed E-state index contributed by atoms with van der Waals surface area (Å²) in [5, 5.41) is 2.67. The van der Waals surface area contributed by atoms with Gasteiger partial charge in [0.15, 0.2) is 0 Å². The number of rotatable bonds is 4. The summed E-state index contributed by atoms with van der Waals surface area (Å²) < 4.78 is 14.0. The average Bonchev–Trinajstić information content (AvgIpc) is 2.91. The lowest BCUT2D eigenvalue weighted by Crippen LogP contribution is -2.26. The molecule has 1 amide bonds. The summed E-state index contributed by atoms with van der Waals surface area (Å²) in [6, 6.07) is 4.83. The van der Waals surface area contributed by atoms with E-state index in [-0.39, 0.29) is 24.2 Å². The Morgan fingerprint density at radius 2 is 2.16 bits per heavy atom. The van der Waals surface area contributed by atoms with E-state index < -0.39 is 0 Å². The zero-order valence-corrected chi connectivity index (χ0v) is 11.2. The van der Waals surface area contributed by atoms with Crippen molar-refractivity contribution >= 4 is 17.3 Å². The zero-order chi connectivity index (χ0) is 13.8. The van der Waals surface area contributed by atoms with Gasteiger partial charge in [0.05, 0.1) is 5.69 Å². The first-order chi connectivity index (χ1) is 9.11. The molecule has 1 aromatic carbocycles. The van der Waals surface area contributed by atoms with Crippen molar-refractivity contribution in [3.8, 4) is 0 Å². The normalized spacial score (nSPS) is 16.5. The summed E-state index contributed by atoms with van der Waals surface area (Å²) in [5.74, 6) is -0.753. The topological polar surface area (TPSA) is 58.4 Å². The second-order valence-corrected chi connectivity index (χ2v) is 4.99. The highest BCUT2D eigenvalue weighted by atomic mass is 19.1. The van der Waals surface area contributed by atoms with Crippen LogP contribution in [0.2, 0.25) is 0 Å². The van der Waals surface area contributed by atoms with Gasteiger partial charge in [0, 0.05) is 31.2 Å². The summed E-state index contributed by atoms with van der Waals surface area (Å²) in [6.45, 7) is 3.81. The van der Waals surface area contributed by atoms with E-state index in [1.807, 2.05) is 4.90 Å². The minimum Gasteiger partial charge on any atom is -0.369 e. The molecule has 4 nitrogen and oxygen atoms in total. The number of nitrogens with two attached hydrogens (primary N) is 1. The molecule has 0 saturated carbocycles. The third-order valence-corrected chi connectivity index (χ3v) is 3.46. The molecule has 1 aliphatic rings. The lowest BCUT2D eigenvalue weighted by Gasteiger charge is -2.19. The fraction of sp³-hybridized carbons (Fsp3) is 0.500. The molecule has 1 aliphatic heterocycles. The number of benzene rings is 1. The monoisotopic (exact) mass is 265 g/mol. The molecule has 1 saturated heterocycles. The van der Waals surface area contributed by atoms with Crippen LogP contribution in [0, 0.1) is 11.7 Å². The molecule has 104 valence electrons. The third-order valence-electron chi connectivity index (χ3n) is 3.46. The first-order valence-electron chi connectivity index (χ1n) is 6.67. The molecule has 1 unspecified atom stereocenters. The number of anilines is 2. The minimum absolute atomic E-state index is 0.184. The molecule has 0 spiro atoms. The molecule has 0 aromatic heterocycles. The van der Waals surface area contributed by atoms with Crippen LogP contribution in [0.4, 0.5) is 15.8 Å². The van der Waals surface area contributed by atoms with E-state index in [0.717, 1.165) is 25.9 Å². The molecule has 0 aliphatic carbocycles. The van der Waals surface area contributed by atoms with Gasteiger partial charge in [0.1, 0.15) is 5.82 Å². The number of amides is 1. The largest absolute Gasteiger partial charge is 0.369 e. The van der Waals surface area contributed by atoms with Gasteiger partial charge in [-0.2, -0.15) is 0 Å². The van der Waals surface area contributed by atoms with Gasteiger partial charge >= 0.3 is 0 Å². The molecule has 2 rings (SSSR count). The second-order valence-electron chi connectivity index (χ2n) is 4.99. The summed E-state index contributed by atoms with van der Waals surface area (Å²) in [6.07, 6.45) is 2.21. The van der Waals surface area contributed by atoms with E-state index >= 15 is 0 Å². The number of hydrogen-bond acceptors (Lipinski definition) is 3. The summed E-state index contributed by atoms with van der Waals surface area (Å²) in [7, 11) is 0. The highest BCUT2D eigenvalue weighted by Gasteiger charge is 2.17. The van der Waals surface area contributed by atoms with E-state index in [0.29, 0.717) is 11.4 Å². The van der Waals surface area contributed by atoms with Gasteiger partial charge in [0.25, 0.3) is 0 Å². The molecule has 0 bridgehead atoms. The van der Waals surface area contributed by atoms with Crippen molar-refractivity contribution in [2.24, 2.45) is 11.7 Å². The van der Waals surface area contributed by atoms with E-state index in [1.165, 1.54) is 6.07 Å². The predicted octanol–water partition coefficient (Wildman–Crippen LogP) is 1.96. The van der Waals surface area contributed by atoms with Gasteiger partial charge in [-0.1, -0.05) is 6.92 Å². The molecule has 1 atom stereocenters. The molecular formula is C14H20FN3O. The second kappa shape index (κ2) is 6.02. The zero-order valence-electron chi connectivity index (χ0n) is 11.2. The van der Waals surface area contributed by atoms with Crippen LogP contribution >= 0.6 is 0 Å². The average molecular weight is 265 g/mol. The predicted molar refractivity (Wildman–Crippen MR) is 74.7 cm³/mol. The Morgan fingerprint density at radius 3 is 2.74 bits per heavy atom.